The minimum absolute atomic E-state index is 0.469. The second-order valence-corrected chi connectivity index (χ2v) is 6.06. The van der Waals surface area contributed by atoms with E-state index in [9.17, 15) is 0 Å². The highest BCUT2D eigenvalue weighted by molar-refractivity contribution is 5.03. The number of piperidine rings is 1. The molecule has 1 atom stereocenters. The van der Waals surface area contributed by atoms with E-state index in [2.05, 4.69) is 25.1 Å². The Hall–Kier alpha value is -1.76. The van der Waals surface area contributed by atoms with Crippen LogP contribution in [0.3, 0.4) is 0 Å². The SMILES string of the molecule is c1ncn(CC2CCCCN2Cc2nc(C3CC3)no2)n1. The maximum Gasteiger partial charge on any atom is 0.240 e. The second-order valence-electron chi connectivity index (χ2n) is 6.06. The van der Waals surface area contributed by atoms with E-state index in [0.717, 1.165) is 31.3 Å². The first-order valence-electron chi connectivity index (χ1n) is 7.77. The molecular formula is C14H20N6O. The minimum atomic E-state index is 0.469. The zero-order valence-corrected chi connectivity index (χ0v) is 12.1. The zero-order valence-electron chi connectivity index (χ0n) is 12.1. The molecule has 7 nitrogen and oxygen atoms in total. The van der Waals surface area contributed by atoms with Crippen molar-refractivity contribution in [1.82, 2.24) is 29.8 Å². The molecule has 7 heteroatoms. The number of aromatic nitrogens is 5. The predicted octanol–water partition coefficient (Wildman–Crippen LogP) is 1.59. The maximum atomic E-state index is 5.41. The van der Waals surface area contributed by atoms with Crippen LogP contribution in [-0.2, 0) is 13.1 Å². The maximum absolute atomic E-state index is 5.41. The molecule has 0 bridgehead atoms. The van der Waals surface area contributed by atoms with Crippen LogP contribution in [-0.4, -0.2) is 42.4 Å². The van der Waals surface area contributed by atoms with Crippen LogP contribution in [0, 0.1) is 0 Å². The summed E-state index contributed by atoms with van der Waals surface area (Å²) < 4.78 is 7.32. The Morgan fingerprint density at radius 1 is 1.24 bits per heavy atom. The molecule has 2 aliphatic rings. The number of rotatable bonds is 5. The molecule has 0 spiro atoms. The van der Waals surface area contributed by atoms with Crippen LogP contribution in [0.25, 0.3) is 0 Å². The summed E-state index contributed by atoms with van der Waals surface area (Å²) in [5.41, 5.74) is 0. The first-order valence-corrected chi connectivity index (χ1v) is 7.77. The molecule has 2 aromatic rings. The molecule has 2 aromatic heterocycles. The number of hydrogen-bond acceptors (Lipinski definition) is 6. The van der Waals surface area contributed by atoms with Crippen molar-refractivity contribution in [2.45, 2.75) is 57.2 Å². The van der Waals surface area contributed by atoms with Gasteiger partial charge in [0.15, 0.2) is 5.82 Å². The van der Waals surface area contributed by atoms with E-state index >= 15 is 0 Å². The number of hydrogen-bond donors (Lipinski definition) is 0. The molecule has 2 fully saturated rings. The highest BCUT2D eigenvalue weighted by Gasteiger charge is 2.30. The fourth-order valence-electron chi connectivity index (χ4n) is 3.03. The van der Waals surface area contributed by atoms with E-state index in [0.29, 0.717) is 12.0 Å². The summed E-state index contributed by atoms with van der Waals surface area (Å²) in [7, 11) is 0. The summed E-state index contributed by atoms with van der Waals surface area (Å²) in [4.78, 5) is 11.0. The largest absolute Gasteiger partial charge is 0.338 e. The van der Waals surface area contributed by atoms with Gasteiger partial charge in [-0.25, -0.2) is 4.98 Å². The molecule has 1 saturated carbocycles. The highest BCUT2D eigenvalue weighted by Crippen LogP contribution is 2.38. The Labute approximate surface area is 123 Å². The van der Waals surface area contributed by atoms with Crippen molar-refractivity contribution in [2.75, 3.05) is 6.54 Å². The smallest absolute Gasteiger partial charge is 0.240 e. The average Bonchev–Trinajstić information content (AvgIpc) is 3.03. The summed E-state index contributed by atoms with van der Waals surface area (Å²) in [6.45, 7) is 2.71. The highest BCUT2D eigenvalue weighted by atomic mass is 16.5. The average molecular weight is 288 g/mol. The van der Waals surface area contributed by atoms with E-state index in [-0.39, 0.29) is 0 Å². The molecule has 21 heavy (non-hydrogen) atoms. The van der Waals surface area contributed by atoms with Gasteiger partial charge in [-0.05, 0) is 32.2 Å². The Morgan fingerprint density at radius 3 is 3.00 bits per heavy atom. The van der Waals surface area contributed by atoms with E-state index in [1.54, 1.807) is 12.7 Å². The van der Waals surface area contributed by atoms with Crippen molar-refractivity contribution in [3.05, 3.63) is 24.4 Å². The van der Waals surface area contributed by atoms with Crippen LogP contribution >= 0.6 is 0 Å². The molecule has 1 aliphatic heterocycles. The summed E-state index contributed by atoms with van der Waals surface area (Å²) in [5.74, 6) is 2.20. The van der Waals surface area contributed by atoms with E-state index in [1.165, 1.54) is 32.1 Å². The zero-order chi connectivity index (χ0) is 14.1. The molecular weight excluding hydrogens is 268 g/mol. The topological polar surface area (TPSA) is 72.9 Å². The molecule has 0 amide bonds. The Kier molecular flexibility index (Phi) is 3.42. The molecule has 112 valence electrons. The fraction of sp³-hybridized carbons (Fsp3) is 0.714. The summed E-state index contributed by atoms with van der Waals surface area (Å²) in [5, 5.41) is 8.32. The first-order chi connectivity index (χ1) is 10.4. The van der Waals surface area contributed by atoms with Crippen LogP contribution in [0.15, 0.2) is 17.2 Å². The lowest BCUT2D eigenvalue weighted by atomic mass is 10.0. The first kappa shape index (κ1) is 12.9. The van der Waals surface area contributed by atoms with Gasteiger partial charge >= 0.3 is 0 Å². The van der Waals surface area contributed by atoms with Crippen LogP contribution < -0.4 is 0 Å². The van der Waals surface area contributed by atoms with Crippen LogP contribution in [0.4, 0.5) is 0 Å². The molecule has 4 rings (SSSR count). The molecule has 1 saturated heterocycles. The van der Waals surface area contributed by atoms with Crippen molar-refractivity contribution in [3.63, 3.8) is 0 Å². The normalized spacial score (nSPS) is 23.5. The lowest BCUT2D eigenvalue weighted by Gasteiger charge is -2.34. The number of nitrogens with zero attached hydrogens (tertiary/aromatic N) is 6. The van der Waals surface area contributed by atoms with Gasteiger partial charge < -0.3 is 4.52 Å². The van der Waals surface area contributed by atoms with Gasteiger partial charge in [0.05, 0.1) is 13.1 Å². The second kappa shape index (κ2) is 5.55. The Bertz CT molecular complexity index is 576. The minimum Gasteiger partial charge on any atom is -0.338 e. The molecule has 0 radical (unpaired) electrons. The monoisotopic (exact) mass is 288 g/mol. The van der Waals surface area contributed by atoms with Crippen molar-refractivity contribution < 1.29 is 4.52 Å². The van der Waals surface area contributed by atoms with Gasteiger partial charge in [-0.15, -0.1) is 0 Å². The molecule has 1 aliphatic carbocycles. The molecule has 0 N–H and O–H groups in total. The molecule has 3 heterocycles. The van der Waals surface area contributed by atoms with Gasteiger partial charge in [-0.3, -0.25) is 9.58 Å². The van der Waals surface area contributed by atoms with Gasteiger partial charge in [0, 0.05) is 12.0 Å². The van der Waals surface area contributed by atoms with Gasteiger partial charge in [0.25, 0.3) is 0 Å². The van der Waals surface area contributed by atoms with E-state index < -0.39 is 0 Å². The predicted molar refractivity (Wildman–Crippen MR) is 74.3 cm³/mol. The lowest BCUT2D eigenvalue weighted by Crippen LogP contribution is -2.41. The summed E-state index contributed by atoms with van der Waals surface area (Å²) in [6.07, 6.45) is 9.47. The quantitative estimate of drug-likeness (QED) is 0.832. The third kappa shape index (κ3) is 2.97. The number of likely N-dealkylation sites (tertiary alicyclic amines) is 1. The van der Waals surface area contributed by atoms with E-state index in [1.807, 2.05) is 4.68 Å². The van der Waals surface area contributed by atoms with Gasteiger partial charge in [0.2, 0.25) is 5.89 Å². The summed E-state index contributed by atoms with van der Waals surface area (Å²) >= 11 is 0. The van der Waals surface area contributed by atoms with Gasteiger partial charge in [0.1, 0.15) is 12.7 Å². The van der Waals surface area contributed by atoms with E-state index in [4.69, 9.17) is 4.52 Å². The standard InChI is InChI=1S/C14H20N6O/c1-2-6-19(12(3-1)7-20-10-15-9-16-20)8-13-17-14(18-21-13)11-4-5-11/h9-12H,1-8H2. The van der Waals surface area contributed by atoms with Crippen molar-refractivity contribution in [3.8, 4) is 0 Å². The molecule has 0 aromatic carbocycles. The fourth-order valence-corrected chi connectivity index (χ4v) is 3.03. The van der Waals surface area contributed by atoms with Crippen LogP contribution in [0.1, 0.15) is 49.7 Å². The van der Waals surface area contributed by atoms with Crippen LogP contribution in [0.5, 0.6) is 0 Å². The molecule has 1 unspecified atom stereocenters. The van der Waals surface area contributed by atoms with Crippen LogP contribution in [0.2, 0.25) is 0 Å². The lowest BCUT2D eigenvalue weighted by molar-refractivity contribution is 0.108. The Morgan fingerprint density at radius 2 is 2.19 bits per heavy atom. The van der Waals surface area contributed by atoms with Gasteiger partial charge in [-0.2, -0.15) is 10.1 Å². The third-order valence-corrected chi connectivity index (χ3v) is 4.38. The van der Waals surface area contributed by atoms with Crippen molar-refractivity contribution >= 4 is 0 Å². The summed E-state index contributed by atoms with van der Waals surface area (Å²) in [6, 6.07) is 0.469. The van der Waals surface area contributed by atoms with Gasteiger partial charge in [-0.1, -0.05) is 11.6 Å². The van der Waals surface area contributed by atoms with Crippen molar-refractivity contribution in [2.24, 2.45) is 0 Å². The van der Waals surface area contributed by atoms with Crippen molar-refractivity contribution in [1.29, 1.82) is 0 Å². The Balaban J connectivity index is 1.42. The third-order valence-electron chi connectivity index (χ3n) is 4.38.